The maximum absolute atomic E-state index is 12.1. The van der Waals surface area contributed by atoms with Gasteiger partial charge in [-0.25, -0.2) is 0 Å². The molecule has 2 atom stereocenters. The van der Waals surface area contributed by atoms with E-state index in [-0.39, 0.29) is 31.5 Å². The predicted molar refractivity (Wildman–Crippen MR) is 85.0 cm³/mol. The summed E-state index contributed by atoms with van der Waals surface area (Å²) in [5, 5.41) is 0. The van der Waals surface area contributed by atoms with Gasteiger partial charge in [0.15, 0.2) is 11.5 Å². The number of hydrogen-bond acceptors (Lipinski definition) is 6. The molecule has 0 N–H and O–H groups in total. The van der Waals surface area contributed by atoms with E-state index in [1.54, 1.807) is 7.11 Å². The summed E-state index contributed by atoms with van der Waals surface area (Å²) in [5.41, 5.74) is 1.17. The molecule has 0 saturated carbocycles. The lowest BCUT2D eigenvalue weighted by Crippen LogP contribution is -2.54. The molecule has 7 heteroatoms. The molecule has 0 aliphatic carbocycles. The van der Waals surface area contributed by atoms with E-state index in [4.69, 9.17) is 18.9 Å². The molecule has 3 aliphatic rings. The minimum atomic E-state index is 0.0539. The van der Waals surface area contributed by atoms with Crippen molar-refractivity contribution in [2.45, 2.75) is 18.7 Å². The third-order valence-electron chi connectivity index (χ3n) is 4.83. The van der Waals surface area contributed by atoms with Crippen LogP contribution >= 0.6 is 0 Å². The lowest BCUT2D eigenvalue weighted by atomic mass is 10.1. The number of amides is 1. The van der Waals surface area contributed by atoms with Crippen LogP contribution in [0, 0.1) is 0 Å². The van der Waals surface area contributed by atoms with E-state index < -0.39 is 0 Å². The summed E-state index contributed by atoms with van der Waals surface area (Å²) in [5.74, 6) is 1.66. The minimum Gasteiger partial charge on any atom is -0.454 e. The van der Waals surface area contributed by atoms with Gasteiger partial charge in [0.1, 0.15) is 6.61 Å². The number of rotatable bonds is 5. The lowest BCUT2D eigenvalue weighted by Gasteiger charge is -2.36. The normalized spacial score (nSPS) is 26.0. The molecule has 0 aromatic heterocycles. The molecular formula is C17H22N2O5. The Bertz CT molecular complexity index is 623. The van der Waals surface area contributed by atoms with Crippen molar-refractivity contribution in [1.29, 1.82) is 0 Å². The lowest BCUT2D eigenvalue weighted by molar-refractivity contribution is -0.153. The third-order valence-corrected chi connectivity index (χ3v) is 4.83. The highest BCUT2D eigenvalue weighted by Crippen LogP contribution is 2.33. The van der Waals surface area contributed by atoms with E-state index in [0.717, 1.165) is 31.1 Å². The molecular weight excluding hydrogens is 312 g/mol. The van der Waals surface area contributed by atoms with Gasteiger partial charge in [0.25, 0.3) is 0 Å². The van der Waals surface area contributed by atoms with E-state index >= 15 is 0 Å². The van der Waals surface area contributed by atoms with Gasteiger partial charge in [-0.05, 0) is 17.7 Å². The van der Waals surface area contributed by atoms with Crippen LogP contribution in [0.3, 0.4) is 0 Å². The molecule has 24 heavy (non-hydrogen) atoms. The maximum Gasteiger partial charge on any atom is 0.249 e. The summed E-state index contributed by atoms with van der Waals surface area (Å²) in [7, 11) is 1.66. The van der Waals surface area contributed by atoms with Gasteiger partial charge in [-0.2, -0.15) is 0 Å². The van der Waals surface area contributed by atoms with Crippen LogP contribution in [0.5, 0.6) is 11.5 Å². The molecule has 3 aliphatic heterocycles. The first-order valence-corrected chi connectivity index (χ1v) is 8.25. The van der Waals surface area contributed by atoms with Crippen molar-refractivity contribution in [3.8, 4) is 11.5 Å². The van der Waals surface area contributed by atoms with Gasteiger partial charge in [-0.1, -0.05) is 6.07 Å². The number of morpholine rings is 1. The smallest absolute Gasteiger partial charge is 0.249 e. The quantitative estimate of drug-likeness (QED) is 0.780. The first kappa shape index (κ1) is 15.7. The molecule has 1 amide bonds. The molecule has 2 fully saturated rings. The van der Waals surface area contributed by atoms with E-state index in [1.807, 2.05) is 17.0 Å². The van der Waals surface area contributed by atoms with Crippen LogP contribution in [0.2, 0.25) is 0 Å². The zero-order chi connectivity index (χ0) is 16.5. The number of fused-ring (bicyclic) bond motifs is 2. The summed E-state index contributed by atoms with van der Waals surface area (Å²) < 4.78 is 21.7. The fraction of sp³-hybridized carbons (Fsp3) is 0.588. The minimum absolute atomic E-state index is 0.0539. The zero-order valence-electron chi connectivity index (χ0n) is 13.8. The Hall–Kier alpha value is -1.83. The van der Waals surface area contributed by atoms with Crippen LogP contribution in [0.1, 0.15) is 5.56 Å². The van der Waals surface area contributed by atoms with Gasteiger partial charge in [0, 0.05) is 33.3 Å². The maximum atomic E-state index is 12.1. The van der Waals surface area contributed by atoms with Gasteiger partial charge < -0.3 is 23.8 Å². The molecule has 130 valence electrons. The van der Waals surface area contributed by atoms with E-state index in [1.165, 1.54) is 5.56 Å². The number of carbonyl (C=O) groups excluding carboxylic acids is 1. The number of likely N-dealkylation sites (tertiary alicyclic amines) is 1. The van der Waals surface area contributed by atoms with Crippen molar-refractivity contribution in [1.82, 2.24) is 9.80 Å². The second kappa shape index (κ2) is 6.58. The Morgan fingerprint density at radius 2 is 2.12 bits per heavy atom. The fourth-order valence-electron chi connectivity index (χ4n) is 3.65. The van der Waals surface area contributed by atoms with Gasteiger partial charge in [0.05, 0.1) is 18.8 Å². The number of benzene rings is 1. The van der Waals surface area contributed by atoms with E-state index in [0.29, 0.717) is 13.2 Å². The van der Waals surface area contributed by atoms with Gasteiger partial charge in [-0.3, -0.25) is 9.69 Å². The molecule has 1 aromatic carbocycles. The van der Waals surface area contributed by atoms with Crippen molar-refractivity contribution in [2.75, 3.05) is 46.8 Å². The van der Waals surface area contributed by atoms with Crippen molar-refractivity contribution in [3.05, 3.63) is 23.8 Å². The average Bonchev–Trinajstić information content (AvgIpc) is 3.20. The molecule has 3 heterocycles. The van der Waals surface area contributed by atoms with Crippen LogP contribution < -0.4 is 9.47 Å². The van der Waals surface area contributed by atoms with Crippen molar-refractivity contribution in [3.63, 3.8) is 0 Å². The van der Waals surface area contributed by atoms with Gasteiger partial charge in [-0.15, -0.1) is 0 Å². The molecule has 0 radical (unpaired) electrons. The Kier molecular flexibility index (Phi) is 4.30. The zero-order valence-corrected chi connectivity index (χ0v) is 13.8. The first-order chi connectivity index (χ1) is 11.7. The predicted octanol–water partition coefficient (Wildman–Crippen LogP) is 0.473. The summed E-state index contributed by atoms with van der Waals surface area (Å²) in [6, 6.07) is 6.14. The van der Waals surface area contributed by atoms with Crippen LogP contribution in [0.25, 0.3) is 0 Å². The highest BCUT2D eigenvalue weighted by Gasteiger charge is 2.42. The van der Waals surface area contributed by atoms with Crippen LogP contribution in [0.15, 0.2) is 18.2 Å². The Balaban J connectivity index is 1.42. The first-order valence-electron chi connectivity index (χ1n) is 8.25. The number of hydrogen-bond donors (Lipinski definition) is 0. The third kappa shape index (κ3) is 2.94. The Morgan fingerprint density at radius 1 is 1.25 bits per heavy atom. The standard InChI is InChI=1S/C17H22N2O5/c1-21-5-4-19-13-8-18(9-16(13)22-10-17(19)20)7-12-2-3-14-15(6-12)24-11-23-14/h2-3,6,13,16H,4-5,7-11H2,1H3/t13-,16+/m1/s1. The molecule has 0 bridgehead atoms. The molecule has 0 unspecified atom stereocenters. The number of carbonyl (C=O) groups is 1. The van der Waals surface area contributed by atoms with Crippen LogP contribution in [-0.4, -0.2) is 74.6 Å². The molecule has 4 rings (SSSR count). The Labute approximate surface area is 141 Å². The molecule has 1 aromatic rings. The number of methoxy groups -OCH3 is 1. The summed E-state index contributed by atoms with van der Waals surface area (Å²) >= 11 is 0. The molecule has 2 saturated heterocycles. The van der Waals surface area contributed by atoms with E-state index in [9.17, 15) is 4.79 Å². The second-order valence-corrected chi connectivity index (χ2v) is 6.38. The largest absolute Gasteiger partial charge is 0.454 e. The topological polar surface area (TPSA) is 60.5 Å². The molecule has 0 spiro atoms. The van der Waals surface area contributed by atoms with Crippen molar-refractivity contribution >= 4 is 5.91 Å². The Morgan fingerprint density at radius 3 is 3.00 bits per heavy atom. The highest BCUT2D eigenvalue weighted by atomic mass is 16.7. The van der Waals surface area contributed by atoms with Crippen molar-refractivity contribution in [2.24, 2.45) is 0 Å². The highest BCUT2D eigenvalue weighted by molar-refractivity contribution is 5.78. The SMILES string of the molecule is COCCN1C(=O)CO[C@H]2CN(Cc3ccc4c(c3)OCO4)C[C@H]21. The van der Waals surface area contributed by atoms with Gasteiger partial charge >= 0.3 is 0 Å². The van der Waals surface area contributed by atoms with Crippen LogP contribution in [-0.2, 0) is 20.8 Å². The second-order valence-electron chi connectivity index (χ2n) is 6.38. The van der Waals surface area contributed by atoms with E-state index in [2.05, 4.69) is 11.0 Å². The monoisotopic (exact) mass is 334 g/mol. The van der Waals surface area contributed by atoms with Crippen LogP contribution in [0.4, 0.5) is 0 Å². The number of ether oxygens (including phenoxy) is 4. The van der Waals surface area contributed by atoms with Crippen molar-refractivity contribution < 1.29 is 23.7 Å². The summed E-state index contributed by atoms with van der Waals surface area (Å²) in [6.07, 6.45) is 0.0774. The number of nitrogens with zero attached hydrogens (tertiary/aromatic N) is 2. The average molecular weight is 334 g/mol. The summed E-state index contributed by atoms with van der Waals surface area (Å²) in [6.45, 7) is 4.08. The fourth-order valence-corrected chi connectivity index (χ4v) is 3.65. The van der Waals surface area contributed by atoms with Gasteiger partial charge in [0.2, 0.25) is 12.7 Å². The summed E-state index contributed by atoms with van der Waals surface area (Å²) in [4.78, 5) is 16.4. The molecule has 7 nitrogen and oxygen atoms in total.